The maximum Gasteiger partial charge on any atom is 0.118 e. The summed E-state index contributed by atoms with van der Waals surface area (Å²) in [6, 6.07) is 6.98. The first-order chi connectivity index (χ1) is 6.15. The summed E-state index contributed by atoms with van der Waals surface area (Å²) in [6.45, 7) is 1.77. The van der Waals surface area contributed by atoms with Crippen LogP contribution in [0, 0.1) is 0 Å². The molecule has 1 aromatic carbocycles. The van der Waals surface area contributed by atoms with Crippen LogP contribution in [0.15, 0.2) is 24.3 Å². The Morgan fingerprint density at radius 3 is 2.23 bits per heavy atom. The van der Waals surface area contributed by atoms with E-state index in [9.17, 15) is 5.11 Å². The molecule has 3 heteroatoms. The van der Waals surface area contributed by atoms with Crippen LogP contribution in [0.1, 0.15) is 18.6 Å². The molecular formula is C10H15NO2. The fourth-order valence-corrected chi connectivity index (χ4v) is 1.10. The lowest BCUT2D eigenvalue weighted by Gasteiger charge is -2.14. The van der Waals surface area contributed by atoms with Gasteiger partial charge in [0, 0.05) is 6.04 Å². The highest BCUT2D eigenvalue weighted by atomic mass is 16.5. The highest BCUT2D eigenvalue weighted by molar-refractivity contribution is 5.28. The SMILES string of the molecule is COc1ccc([C@@H](O)[C@@H](C)N)cc1. The summed E-state index contributed by atoms with van der Waals surface area (Å²) >= 11 is 0. The Hall–Kier alpha value is -1.06. The lowest BCUT2D eigenvalue weighted by Crippen LogP contribution is -2.24. The Balaban J connectivity index is 2.79. The van der Waals surface area contributed by atoms with Crippen LogP contribution in [0.5, 0.6) is 5.75 Å². The molecule has 0 amide bonds. The molecule has 0 aromatic heterocycles. The van der Waals surface area contributed by atoms with Gasteiger partial charge in [-0.3, -0.25) is 0 Å². The molecule has 0 saturated heterocycles. The Morgan fingerprint density at radius 2 is 1.85 bits per heavy atom. The largest absolute Gasteiger partial charge is 0.497 e. The summed E-state index contributed by atoms with van der Waals surface area (Å²) in [7, 11) is 1.61. The van der Waals surface area contributed by atoms with Gasteiger partial charge in [-0.1, -0.05) is 12.1 Å². The molecule has 0 aliphatic heterocycles. The van der Waals surface area contributed by atoms with Crippen LogP contribution in [0.2, 0.25) is 0 Å². The highest BCUT2D eigenvalue weighted by Crippen LogP contribution is 2.18. The summed E-state index contributed by atoms with van der Waals surface area (Å²) in [5.74, 6) is 0.778. The summed E-state index contributed by atoms with van der Waals surface area (Å²) < 4.78 is 5.00. The number of nitrogens with two attached hydrogens (primary N) is 1. The van der Waals surface area contributed by atoms with Crippen molar-refractivity contribution in [3.05, 3.63) is 29.8 Å². The van der Waals surface area contributed by atoms with Gasteiger partial charge in [0.2, 0.25) is 0 Å². The van der Waals surface area contributed by atoms with Crippen molar-refractivity contribution in [2.75, 3.05) is 7.11 Å². The minimum absolute atomic E-state index is 0.256. The molecule has 0 unspecified atom stereocenters. The van der Waals surface area contributed by atoms with Gasteiger partial charge in [-0.2, -0.15) is 0 Å². The van der Waals surface area contributed by atoms with Crippen molar-refractivity contribution in [1.82, 2.24) is 0 Å². The van der Waals surface area contributed by atoms with Crippen molar-refractivity contribution in [3.63, 3.8) is 0 Å². The van der Waals surface area contributed by atoms with E-state index in [2.05, 4.69) is 0 Å². The average molecular weight is 181 g/mol. The molecule has 1 rings (SSSR count). The fraction of sp³-hybridized carbons (Fsp3) is 0.400. The van der Waals surface area contributed by atoms with Gasteiger partial charge in [0.05, 0.1) is 13.2 Å². The molecule has 0 heterocycles. The molecule has 0 bridgehead atoms. The zero-order valence-electron chi connectivity index (χ0n) is 7.90. The normalized spacial score (nSPS) is 15.1. The van der Waals surface area contributed by atoms with Gasteiger partial charge < -0.3 is 15.6 Å². The highest BCUT2D eigenvalue weighted by Gasteiger charge is 2.11. The van der Waals surface area contributed by atoms with Crippen LogP contribution in [0.25, 0.3) is 0 Å². The Bertz CT molecular complexity index is 256. The summed E-state index contributed by atoms with van der Waals surface area (Å²) in [5, 5.41) is 9.60. The standard InChI is InChI=1S/C10H15NO2/c1-7(11)10(12)8-3-5-9(13-2)6-4-8/h3-7,10,12H,11H2,1-2H3/t7-,10+/m1/s1. The quantitative estimate of drug-likeness (QED) is 0.733. The molecule has 3 nitrogen and oxygen atoms in total. The molecule has 0 saturated carbocycles. The van der Waals surface area contributed by atoms with Gasteiger partial charge in [-0.25, -0.2) is 0 Å². The number of methoxy groups -OCH3 is 1. The monoisotopic (exact) mass is 181 g/mol. The summed E-state index contributed by atoms with van der Waals surface area (Å²) in [6.07, 6.45) is -0.606. The van der Waals surface area contributed by atoms with Crippen molar-refractivity contribution in [2.24, 2.45) is 5.73 Å². The topological polar surface area (TPSA) is 55.5 Å². The van der Waals surface area contributed by atoms with Crippen molar-refractivity contribution < 1.29 is 9.84 Å². The molecule has 1 aromatic rings. The number of benzene rings is 1. The number of aliphatic hydroxyl groups excluding tert-OH is 1. The molecule has 2 atom stereocenters. The Kier molecular flexibility index (Phi) is 3.28. The van der Waals surface area contributed by atoms with E-state index in [0.717, 1.165) is 11.3 Å². The summed E-state index contributed by atoms with van der Waals surface area (Å²) in [4.78, 5) is 0. The Labute approximate surface area is 78.1 Å². The van der Waals surface area contributed by atoms with Crippen LogP contribution in [0.4, 0.5) is 0 Å². The van der Waals surface area contributed by atoms with E-state index in [1.54, 1.807) is 26.2 Å². The zero-order chi connectivity index (χ0) is 9.84. The van der Waals surface area contributed by atoms with E-state index in [4.69, 9.17) is 10.5 Å². The molecular weight excluding hydrogens is 166 g/mol. The van der Waals surface area contributed by atoms with E-state index < -0.39 is 6.10 Å². The van der Waals surface area contributed by atoms with E-state index in [-0.39, 0.29) is 6.04 Å². The molecule has 72 valence electrons. The zero-order valence-corrected chi connectivity index (χ0v) is 7.90. The second-order valence-electron chi connectivity index (χ2n) is 3.08. The van der Waals surface area contributed by atoms with E-state index in [1.807, 2.05) is 12.1 Å². The first-order valence-corrected chi connectivity index (χ1v) is 4.22. The maximum absolute atomic E-state index is 9.60. The van der Waals surface area contributed by atoms with Crippen LogP contribution >= 0.6 is 0 Å². The smallest absolute Gasteiger partial charge is 0.118 e. The minimum Gasteiger partial charge on any atom is -0.497 e. The molecule has 0 aliphatic carbocycles. The predicted molar refractivity (Wildman–Crippen MR) is 51.6 cm³/mol. The lowest BCUT2D eigenvalue weighted by atomic mass is 10.0. The van der Waals surface area contributed by atoms with Gasteiger partial charge in [-0.05, 0) is 24.6 Å². The average Bonchev–Trinajstić information content (AvgIpc) is 2.17. The molecule has 0 spiro atoms. The lowest BCUT2D eigenvalue weighted by molar-refractivity contribution is 0.153. The second kappa shape index (κ2) is 4.25. The van der Waals surface area contributed by atoms with Crippen molar-refractivity contribution >= 4 is 0 Å². The van der Waals surface area contributed by atoms with Gasteiger partial charge in [-0.15, -0.1) is 0 Å². The third kappa shape index (κ3) is 2.44. The number of ether oxygens (including phenoxy) is 1. The number of aliphatic hydroxyl groups is 1. The second-order valence-corrected chi connectivity index (χ2v) is 3.08. The van der Waals surface area contributed by atoms with E-state index in [1.165, 1.54) is 0 Å². The molecule has 0 radical (unpaired) electrons. The molecule has 0 fully saturated rings. The van der Waals surface area contributed by atoms with Crippen LogP contribution in [0.3, 0.4) is 0 Å². The van der Waals surface area contributed by atoms with Crippen molar-refractivity contribution in [2.45, 2.75) is 19.1 Å². The summed E-state index contributed by atoms with van der Waals surface area (Å²) in [5.41, 5.74) is 6.37. The number of rotatable bonds is 3. The molecule has 3 N–H and O–H groups in total. The third-order valence-electron chi connectivity index (χ3n) is 1.96. The van der Waals surface area contributed by atoms with Crippen LogP contribution < -0.4 is 10.5 Å². The van der Waals surface area contributed by atoms with Crippen LogP contribution in [-0.2, 0) is 0 Å². The van der Waals surface area contributed by atoms with Crippen molar-refractivity contribution in [3.8, 4) is 5.75 Å². The fourth-order valence-electron chi connectivity index (χ4n) is 1.10. The van der Waals surface area contributed by atoms with Crippen molar-refractivity contribution in [1.29, 1.82) is 0 Å². The number of hydrogen-bond acceptors (Lipinski definition) is 3. The Morgan fingerprint density at radius 1 is 1.31 bits per heavy atom. The van der Waals surface area contributed by atoms with Gasteiger partial charge >= 0.3 is 0 Å². The van der Waals surface area contributed by atoms with E-state index >= 15 is 0 Å². The predicted octanol–water partition coefficient (Wildman–Crippen LogP) is 1.08. The van der Waals surface area contributed by atoms with Gasteiger partial charge in [0.15, 0.2) is 0 Å². The first-order valence-electron chi connectivity index (χ1n) is 4.22. The van der Waals surface area contributed by atoms with E-state index in [0.29, 0.717) is 0 Å². The maximum atomic E-state index is 9.60. The van der Waals surface area contributed by atoms with Gasteiger partial charge in [0.25, 0.3) is 0 Å². The molecule has 13 heavy (non-hydrogen) atoms. The van der Waals surface area contributed by atoms with Gasteiger partial charge in [0.1, 0.15) is 5.75 Å². The minimum atomic E-state index is -0.606. The van der Waals surface area contributed by atoms with Crippen LogP contribution in [-0.4, -0.2) is 18.3 Å². The number of hydrogen-bond donors (Lipinski definition) is 2. The first kappa shape index (κ1) is 10.0. The molecule has 0 aliphatic rings. The third-order valence-corrected chi connectivity index (χ3v) is 1.96.